The molecule has 0 aromatic rings. The molecule has 7 fully saturated rings. The summed E-state index contributed by atoms with van der Waals surface area (Å²) in [5.74, 6) is 11.0. The first-order valence-electron chi connectivity index (χ1n) is 27.1. The Labute approximate surface area is 363 Å². The lowest BCUT2D eigenvalue weighted by Gasteiger charge is -2.66. The second kappa shape index (κ2) is 19.3. The Kier molecular flexibility index (Phi) is 15.3. The summed E-state index contributed by atoms with van der Waals surface area (Å²) in [4.78, 5) is 7.03. The Bertz CT molecular complexity index is 1130. The van der Waals surface area contributed by atoms with Crippen molar-refractivity contribution in [3.05, 3.63) is 0 Å². The molecule has 0 bridgehead atoms. The van der Waals surface area contributed by atoms with Gasteiger partial charge in [0.15, 0.2) is 0 Å². The van der Waals surface area contributed by atoms with Crippen molar-refractivity contribution >= 4 is 0 Å². The van der Waals surface area contributed by atoms with E-state index in [1.165, 1.54) is 128 Å². The monoisotopic (exact) mass is 803 g/mol. The molecule has 336 valence electrons. The fraction of sp³-hybridized carbons (Fsp3) is 1.00. The Morgan fingerprint density at radius 2 is 0.690 bits per heavy atom. The standard InChI is InChI=1S/C56H102N2/c1-13-39(5)41-19-33-49-51(35-41)53(57(45-25-15-37(3)16-26-45)47-29-21-43(22-30-47)55(7,8)9)50-34-20-42(40(6)14-2)36-52(50)54(49)58(46-27-17-38(4)18-28-46)48-31-23-44(24-32-48)56(10,11)12/h37-54H,13-36H2,1-12H3. The van der Waals surface area contributed by atoms with Crippen molar-refractivity contribution in [1.29, 1.82) is 0 Å². The minimum absolute atomic E-state index is 0.456. The van der Waals surface area contributed by atoms with Crippen LogP contribution < -0.4 is 0 Å². The van der Waals surface area contributed by atoms with Gasteiger partial charge in [-0.05, 0) is 223 Å². The smallest absolute Gasteiger partial charge is 0.0164 e. The van der Waals surface area contributed by atoms with Gasteiger partial charge in [0.25, 0.3) is 0 Å². The number of rotatable bonds is 10. The molecule has 10 unspecified atom stereocenters. The second-order valence-electron chi connectivity index (χ2n) is 26.0. The number of hydrogen-bond acceptors (Lipinski definition) is 2. The second-order valence-corrected chi connectivity index (χ2v) is 26.0. The van der Waals surface area contributed by atoms with E-state index in [0.717, 1.165) is 107 Å². The lowest BCUT2D eigenvalue weighted by molar-refractivity contribution is -0.163. The van der Waals surface area contributed by atoms with Crippen LogP contribution in [0.4, 0.5) is 0 Å². The molecule has 58 heavy (non-hydrogen) atoms. The molecule has 2 heteroatoms. The zero-order valence-corrected chi connectivity index (χ0v) is 41.3. The number of fused-ring (bicyclic) bond motifs is 2. The van der Waals surface area contributed by atoms with Crippen LogP contribution in [0.15, 0.2) is 0 Å². The molecule has 7 rings (SSSR count). The van der Waals surface area contributed by atoms with Gasteiger partial charge in [-0.3, -0.25) is 9.80 Å². The van der Waals surface area contributed by atoms with Gasteiger partial charge in [-0.1, -0.05) is 95.9 Å². The molecular weight excluding hydrogens is 701 g/mol. The largest absolute Gasteiger partial charge is 0.294 e. The Balaban J connectivity index is 1.32. The van der Waals surface area contributed by atoms with E-state index in [9.17, 15) is 0 Å². The summed E-state index contributed by atoms with van der Waals surface area (Å²) in [6, 6.07) is 5.04. The molecule has 7 aliphatic rings. The highest BCUT2D eigenvalue weighted by Crippen LogP contribution is 2.60. The van der Waals surface area contributed by atoms with Crippen LogP contribution in [0.5, 0.6) is 0 Å². The van der Waals surface area contributed by atoms with Crippen molar-refractivity contribution in [1.82, 2.24) is 9.80 Å². The molecule has 0 spiro atoms. The van der Waals surface area contributed by atoms with Crippen molar-refractivity contribution in [2.75, 3.05) is 0 Å². The molecule has 0 radical (unpaired) electrons. The fourth-order valence-corrected chi connectivity index (χ4v) is 16.5. The van der Waals surface area contributed by atoms with Crippen molar-refractivity contribution in [3.63, 3.8) is 0 Å². The van der Waals surface area contributed by atoms with Gasteiger partial charge in [0, 0.05) is 36.3 Å². The highest BCUT2D eigenvalue weighted by Gasteiger charge is 2.59. The van der Waals surface area contributed by atoms with Gasteiger partial charge in [0.2, 0.25) is 0 Å². The molecule has 7 saturated carbocycles. The van der Waals surface area contributed by atoms with E-state index in [4.69, 9.17) is 0 Å². The molecule has 0 heterocycles. The first-order valence-corrected chi connectivity index (χ1v) is 27.1. The van der Waals surface area contributed by atoms with E-state index >= 15 is 0 Å². The molecule has 7 aliphatic carbocycles. The van der Waals surface area contributed by atoms with Crippen molar-refractivity contribution in [2.24, 2.45) is 81.8 Å². The SMILES string of the molecule is CCC(C)C1CCC2C(C1)C(N(C1CCC(C)CC1)C1CCC(C(C)(C)C)CC1)C1CCC(C(C)CC)CC1C2N(C1CCC(C)CC1)C1CCC(C(C)(C)C)CC1. The first kappa shape index (κ1) is 45.9. The zero-order chi connectivity index (χ0) is 41.5. The van der Waals surface area contributed by atoms with Crippen LogP contribution in [0.3, 0.4) is 0 Å². The van der Waals surface area contributed by atoms with Crippen LogP contribution >= 0.6 is 0 Å². The van der Waals surface area contributed by atoms with E-state index in [-0.39, 0.29) is 0 Å². The van der Waals surface area contributed by atoms with Gasteiger partial charge < -0.3 is 0 Å². The van der Waals surface area contributed by atoms with Gasteiger partial charge in [-0.15, -0.1) is 0 Å². The zero-order valence-electron chi connectivity index (χ0n) is 41.3. The van der Waals surface area contributed by atoms with Gasteiger partial charge in [-0.25, -0.2) is 0 Å². The van der Waals surface area contributed by atoms with Crippen molar-refractivity contribution < 1.29 is 0 Å². The highest BCUT2D eigenvalue weighted by molar-refractivity contribution is 5.12. The van der Waals surface area contributed by atoms with Crippen LogP contribution in [0.25, 0.3) is 0 Å². The molecule has 2 nitrogen and oxygen atoms in total. The molecule has 0 amide bonds. The highest BCUT2D eigenvalue weighted by atomic mass is 15.3. The van der Waals surface area contributed by atoms with Crippen molar-refractivity contribution in [3.8, 4) is 0 Å². The molecule has 0 aromatic carbocycles. The summed E-state index contributed by atoms with van der Waals surface area (Å²) in [6.07, 6.45) is 35.7. The Morgan fingerprint density at radius 1 is 0.397 bits per heavy atom. The summed E-state index contributed by atoms with van der Waals surface area (Å²) < 4.78 is 0. The average Bonchev–Trinajstić information content (AvgIpc) is 3.21. The van der Waals surface area contributed by atoms with Crippen molar-refractivity contribution in [2.45, 2.75) is 273 Å². The molecule has 0 N–H and O–H groups in total. The molecule has 0 aromatic heterocycles. The van der Waals surface area contributed by atoms with E-state index < -0.39 is 0 Å². The molecular formula is C56H102N2. The summed E-state index contributed by atoms with van der Waals surface area (Å²) in [5, 5.41) is 0. The predicted octanol–water partition coefficient (Wildman–Crippen LogP) is 15.9. The predicted molar refractivity (Wildman–Crippen MR) is 252 cm³/mol. The van der Waals surface area contributed by atoms with E-state index in [2.05, 4.69) is 92.9 Å². The molecule has 0 saturated heterocycles. The Hall–Kier alpha value is -0.0800. The maximum Gasteiger partial charge on any atom is 0.0164 e. The van der Waals surface area contributed by atoms with Gasteiger partial charge in [-0.2, -0.15) is 0 Å². The number of nitrogens with zero attached hydrogens (tertiary/aromatic N) is 2. The van der Waals surface area contributed by atoms with E-state index in [0.29, 0.717) is 10.8 Å². The lowest BCUT2D eigenvalue weighted by Crippen LogP contribution is -2.69. The quantitative estimate of drug-likeness (QED) is 0.217. The lowest BCUT2D eigenvalue weighted by atomic mass is 9.50. The summed E-state index contributed by atoms with van der Waals surface area (Å²) in [5.41, 5.74) is 0.913. The summed E-state index contributed by atoms with van der Waals surface area (Å²) in [6.45, 7) is 30.8. The third kappa shape index (κ3) is 9.99. The van der Waals surface area contributed by atoms with Crippen LogP contribution in [-0.2, 0) is 0 Å². The third-order valence-electron chi connectivity index (χ3n) is 20.8. The first-order chi connectivity index (χ1) is 27.6. The van der Waals surface area contributed by atoms with E-state index in [1.54, 1.807) is 25.7 Å². The maximum atomic E-state index is 3.51. The average molecular weight is 803 g/mol. The third-order valence-corrected chi connectivity index (χ3v) is 20.8. The summed E-state index contributed by atoms with van der Waals surface area (Å²) >= 11 is 0. The minimum Gasteiger partial charge on any atom is -0.294 e. The van der Waals surface area contributed by atoms with Crippen LogP contribution in [0.1, 0.15) is 237 Å². The minimum atomic E-state index is 0.456. The van der Waals surface area contributed by atoms with E-state index in [1.807, 2.05) is 0 Å². The summed E-state index contributed by atoms with van der Waals surface area (Å²) in [7, 11) is 0. The van der Waals surface area contributed by atoms with Crippen LogP contribution in [-0.4, -0.2) is 46.1 Å². The molecule has 0 aliphatic heterocycles. The normalized spacial score (nSPS) is 44.4. The number of hydrogen-bond donors (Lipinski definition) is 0. The van der Waals surface area contributed by atoms with Gasteiger partial charge in [0.1, 0.15) is 0 Å². The van der Waals surface area contributed by atoms with Crippen LogP contribution in [0.2, 0.25) is 0 Å². The van der Waals surface area contributed by atoms with Crippen LogP contribution in [0, 0.1) is 81.8 Å². The topological polar surface area (TPSA) is 6.48 Å². The maximum absolute atomic E-state index is 3.51. The van der Waals surface area contributed by atoms with Gasteiger partial charge >= 0.3 is 0 Å². The van der Waals surface area contributed by atoms with Gasteiger partial charge in [0.05, 0.1) is 0 Å². The molecule has 10 atom stereocenters. The fourth-order valence-electron chi connectivity index (χ4n) is 16.5. The Morgan fingerprint density at radius 3 is 0.966 bits per heavy atom.